The van der Waals surface area contributed by atoms with Crippen molar-refractivity contribution in [2.75, 3.05) is 0 Å². The zero-order chi connectivity index (χ0) is 4.50. The number of rotatable bonds is 0. The minimum Gasteiger partial charge on any atom is -1.00 e. The average Bonchev–Trinajstić information content (AvgIpc) is 0.722. The van der Waals surface area contributed by atoms with Gasteiger partial charge in [0.15, 0.2) is 0 Å². The smallest absolute Gasteiger partial charge is 1.00 e. The Morgan fingerprint density at radius 1 is 0.889 bits per heavy atom. The van der Waals surface area contributed by atoms with Crippen LogP contribution in [0.15, 0.2) is 0 Å². The van der Waals surface area contributed by atoms with E-state index in [0.717, 1.165) is 0 Å². The fraction of sp³-hybridized carbons (Fsp3) is 1.00. The molecule has 40 valence electrons. The predicted octanol–water partition coefficient (Wildman–Crippen LogP) is -10.8. The van der Waals surface area contributed by atoms with E-state index in [-0.39, 0.29) is 211 Å². The largest absolute Gasteiger partial charge is 1.00 e. The van der Waals surface area contributed by atoms with Crippen molar-refractivity contribution in [2.45, 2.75) is 26.4 Å². The van der Waals surface area contributed by atoms with Crippen LogP contribution in [0.3, 0.4) is 0 Å². The molecule has 0 rings (SSSR count). The minimum absolute atomic E-state index is 0. The van der Waals surface area contributed by atoms with Crippen LogP contribution in [-0.2, 0) is 0 Å². The fourth-order valence-corrected chi connectivity index (χ4v) is 0. The quantitative estimate of drug-likeness (QED) is 0.413. The van der Waals surface area contributed by atoms with Gasteiger partial charge in [-0.05, 0) is 20.8 Å². The monoisotopic (exact) mass is 234 g/mol. The Morgan fingerprint density at radius 3 is 0.889 bits per heavy atom. The Balaban J connectivity index is -0.00000000286. The zero-order valence-electron chi connectivity index (χ0n) is 11.9. The van der Waals surface area contributed by atoms with Crippen LogP contribution in [0.1, 0.15) is 26.5 Å². The van der Waals surface area contributed by atoms with Crippen molar-refractivity contribution in [3.05, 3.63) is 0 Å². The third-order valence-electron chi connectivity index (χ3n) is 0. The summed E-state index contributed by atoms with van der Waals surface area (Å²) in [5.74, 6) is 0. The molecule has 9 heavy (non-hydrogen) atoms. The molecule has 0 aromatic rings. The van der Waals surface area contributed by atoms with Crippen molar-refractivity contribution in [1.29, 1.82) is 0 Å². The van der Waals surface area contributed by atoms with Gasteiger partial charge < -0.3 is 10.8 Å². The van der Waals surface area contributed by atoms with Crippen LogP contribution in [0.25, 0.3) is 0 Å². The van der Waals surface area contributed by atoms with E-state index in [0.29, 0.717) is 0 Å². The van der Waals surface area contributed by atoms with Gasteiger partial charge in [0.1, 0.15) is 0 Å². The topological polar surface area (TPSA) is 20.2 Å². The van der Waals surface area contributed by atoms with Gasteiger partial charge in [-0.25, -0.2) is 0 Å². The first kappa shape index (κ1) is 29.6. The molecule has 1 N–H and O–H groups in total. The molecule has 0 heterocycles. The first-order chi connectivity index (χ1) is 2.00. The second-order valence-corrected chi connectivity index (χ2v) is 2.17. The molecule has 0 bridgehead atoms. The molecule has 5 heteroatoms. The molecule has 0 aliphatic rings. The van der Waals surface area contributed by atoms with Gasteiger partial charge in [0.2, 0.25) is 0 Å². The van der Waals surface area contributed by atoms with Crippen LogP contribution in [-0.4, -0.2) is 10.7 Å². The summed E-state index contributed by atoms with van der Waals surface area (Å²) in [5.41, 5.74) is -0.500. The van der Waals surface area contributed by atoms with Crippen molar-refractivity contribution in [3.63, 3.8) is 0 Å². The van der Waals surface area contributed by atoms with Crippen molar-refractivity contribution in [2.24, 2.45) is 0 Å². The number of hydrogen-bond acceptors (Lipinski definition) is 1. The molecule has 0 atom stereocenters. The third kappa shape index (κ3) is 53.6. The van der Waals surface area contributed by atoms with E-state index < -0.39 is 5.60 Å². The van der Waals surface area contributed by atoms with Crippen molar-refractivity contribution in [3.8, 4) is 0 Å². The Hall–Kier alpha value is 6.51. The van der Waals surface area contributed by atoms with E-state index in [2.05, 4.69) is 0 Å². The van der Waals surface area contributed by atoms with Gasteiger partial charge in [0.05, 0.1) is 5.60 Å². The van der Waals surface area contributed by atoms with Gasteiger partial charge in [0, 0.05) is 0 Å². The molecular formula is C4H14K4O. The summed E-state index contributed by atoms with van der Waals surface area (Å²) in [6.45, 7) is 5.23. The molecule has 0 aromatic carbocycles. The van der Waals surface area contributed by atoms with Crippen LogP contribution in [0.5, 0.6) is 0 Å². The molecule has 0 fully saturated rings. The standard InChI is InChI=1S/C4H10O.4K.4H/c1-4(2,3)5;;;;;;;;/h5H,1-3H3;;;;;;;;/q;4*+1;4*-1. The van der Waals surface area contributed by atoms with Crippen LogP contribution >= 0.6 is 0 Å². The summed E-state index contributed by atoms with van der Waals surface area (Å²) >= 11 is 0. The summed E-state index contributed by atoms with van der Waals surface area (Å²) in [5, 5.41) is 8.52. The number of aliphatic hydroxyl groups is 1. The number of hydrogen-bond donors (Lipinski definition) is 1. The van der Waals surface area contributed by atoms with E-state index in [1.54, 1.807) is 20.8 Å². The zero-order valence-corrected chi connectivity index (χ0v) is 20.4. The van der Waals surface area contributed by atoms with Gasteiger partial charge in [0.25, 0.3) is 0 Å². The Labute approximate surface area is 234 Å². The van der Waals surface area contributed by atoms with E-state index in [1.807, 2.05) is 0 Å². The van der Waals surface area contributed by atoms with E-state index in [4.69, 9.17) is 5.11 Å². The summed E-state index contributed by atoms with van der Waals surface area (Å²) in [7, 11) is 0. The fourth-order valence-electron chi connectivity index (χ4n) is 0. The molecule has 0 spiro atoms. The van der Waals surface area contributed by atoms with E-state index >= 15 is 0 Å². The van der Waals surface area contributed by atoms with Gasteiger partial charge >= 0.3 is 206 Å². The molecule has 0 aliphatic carbocycles. The molecule has 0 aromatic heterocycles. The average molecular weight is 235 g/mol. The van der Waals surface area contributed by atoms with Crippen LogP contribution in [0, 0.1) is 0 Å². The first-order valence-corrected chi connectivity index (χ1v) is 1.72. The predicted molar refractivity (Wildman–Crippen MR) is 26.4 cm³/mol. The SMILES string of the molecule is CC(C)(C)O.[H-].[H-].[H-].[H-].[K+].[K+].[K+].[K+]. The van der Waals surface area contributed by atoms with Crippen molar-refractivity contribution < 1.29 is 216 Å². The van der Waals surface area contributed by atoms with Gasteiger partial charge in [-0.1, -0.05) is 0 Å². The second-order valence-electron chi connectivity index (χ2n) is 2.17. The van der Waals surface area contributed by atoms with Crippen molar-refractivity contribution >= 4 is 0 Å². The molecule has 0 saturated carbocycles. The Kier molecular flexibility index (Phi) is 55.6. The molecular weight excluding hydrogens is 220 g/mol. The maximum atomic E-state index is 8.52. The van der Waals surface area contributed by atoms with Gasteiger partial charge in [-0.3, -0.25) is 0 Å². The molecule has 0 radical (unpaired) electrons. The summed E-state index contributed by atoms with van der Waals surface area (Å²) < 4.78 is 0. The van der Waals surface area contributed by atoms with Gasteiger partial charge in [-0.2, -0.15) is 0 Å². The Bertz CT molecular complexity index is 39.6. The maximum absolute atomic E-state index is 8.52. The molecule has 0 unspecified atom stereocenters. The molecule has 0 saturated heterocycles. The van der Waals surface area contributed by atoms with Crippen LogP contribution < -0.4 is 206 Å². The van der Waals surface area contributed by atoms with E-state index in [9.17, 15) is 0 Å². The van der Waals surface area contributed by atoms with Crippen molar-refractivity contribution in [1.82, 2.24) is 0 Å². The normalized spacial score (nSPS) is 6.67. The molecule has 0 amide bonds. The van der Waals surface area contributed by atoms with Crippen LogP contribution in [0.2, 0.25) is 0 Å². The van der Waals surface area contributed by atoms with Crippen LogP contribution in [0.4, 0.5) is 0 Å². The summed E-state index contributed by atoms with van der Waals surface area (Å²) in [4.78, 5) is 0. The molecule has 1 nitrogen and oxygen atoms in total. The van der Waals surface area contributed by atoms with E-state index in [1.165, 1.54) is 0 Å². The minimum atomic E-state index is -0.500. The first-order valence-electron chi connectivity index (χ1n) is 1.72. The second kappa shape index (κ2) is 16.9. The Morgan fingerprint density at radius 2 is 0.889 bits per heavy atom. The summed E-state index contributed by atoms with van der Waals surface area (Å²) in [6, 6.07) is 0. The third-order valence-corrected chi connectivity index (χ3v) is 0. The molecule has 0 aliphatic heterocycles. The summed E-state index contributed by atoms with van der Waals surface area (Å²) in [6.07, 6.45) is 0. The maximum Gasteiger partial charge on any atom is 1.00 e. The van der Waals surface area contributed by atoms with Gasteiger partial charge in [-0.15, -0.1) is 0 Å².